The Morgan fingerprint density at radius 3 is 2.39 bits per heavy atom. The first kappa shape index (κ1) is 22.1. The number of aromatic amines is 1. The van der Waals surface area contributed by atoms with E-state index < -0.39 is 11.2 Å². The number of aryl methyl sites for hydroxylation is 1. The Labute approximate surface area is 179 Å². The van der Waals surface area contributed by atoms with Crippen molar-refractivity contribution in [3.05, 3.63) is 68.4 Å². The SMILES string of the molecule is COc1cc2[nH]c(=O)n(CCCCC(=O)NCc3ccc(C)cc3)c(=O)c2cc1OC. The van der Waals surface area contributed by atoms with Crippen LogP contribution in [0.5, 0.6) is 11.5 Å². The molecule has 31 heavy (non-hydrogen) atoms. The smallest absolute Gasteiger partial charge is 0.328 e. The number of amides is 1. The van der Waals surface area contributed by atoms with Gasteiger partial charge in [0.25, 0.3) is 5.56 Å². The summed E-state index contributed by atoms with van der Waals surface area (Å²) in [5.74, 6) is 0.785. The lowest BCUT2D eigenvalue weighted by molar-refractivity contribution is -0.121. The maximum absolute atomic E-state index is 12.8. The molecule has 0 aliphatic heterocycles. The van der Waals surface area contributed by atoms with Crippen LogP contribution in [0.4, 0.5) is 0 Å². The number of benzene rings is 2. The van der Waals surface area contributed by atoms with E-state index in [-0.39, 0.29) is 12.5 Å². The fourth-order valence-corrected chi connectivity index (χ4v) is 3.33. The van der Waals surface area contributed by atoms with E-state index in [4.69, 9.17) is 9.47 Å². The van der Waals surface area contributed by atoms with E-state index >= 15 is 0 Å². The standard InChI is InChI=1S/C23H27N3O5/c1-15-7-9-16(10-8-15)14-24-21(27)6-4-5-11-26-22(28)17-12-19(30-2)20(31-3)13-18(17)25-23(26)29/h7-10,12-13H,4-6,11,14H2,1-3H3,(H,24,27)(H,25,29). The molecular weight excluding hydrogens is 398 g/mol. The van der Waals surface area contributed by atoms with Crippen molar-refractivity contribution in [3.63, 3.8) is 0 Å². The van der Waals surface area contributed by atoms with Crippen molar-refractivity contribution < 1.29 is 14.3 Å². The predicted octanol–water partition coefficient (Wildman–Crippen LogP) is 2.50. The summed E-state index contributed by atoms with van der Waals surface area (Å²) in [6.45, 7) is 2.72. The Morgan fingerprint density at radius 1 is 1.03 bits per heavy atom. The number of aromatic nitrogens is 2. The second kappa shape index (κ2) is 9.97. The number of H-pyrrole nitrogens is 1. The topological polar surface area (TPSA) is 102 Å². The summed E-state index contributed by atoms with van der Waals surface area (Å²) in [5, 5.41) is 3.23. The number of hydrogen-bond acceptors (Lipinski definition) is 5. The van der Waals surface area contributed by atoms with Gasteiger partial charge in [-0.25, -0.2) is 4.79 Å². The lowest BCUT2D eigenvalue weighted by Gasteiger charge is -2.11. The van der Waals surface area contributed by atoms with E-state index in [1.165, 1.54) is 19.8 Å². The summed E-state index contributed by atoms with van der Waals surface area (Å²) in [7, 11) is 2.97. The van der Waals surface area contributed by atoms with Crippen LogP contribution in [-0.2, 0) is 17.9 Å². The third kappa shape index (κ3) is 5.33. The van der Waals surface area contributed by atoms with E-state index in [0.29, 0.717) is 48.2 Å². The third-order valence-electron chi connectivity index (χ3n) is 5.13. The van der Waals surface area contributed by atoms with E-state index in [9.17, 15) is 14.4 Å². The van der Waals surface area contributed by atoms with Crippen molar-refractivity contribution in [2.45, 2.75) is 39.3 Å². The minimum absolute atomic E-state index is 0.0582. The Balaban J connectivity index is 1.59. The molecule has 164 valence electrons. The Morgan fingerprint density at radius 2 is 1.71 bits per heavy atom. The van der Waals surface area contributed by atoms with Gasteiger partial charge in [-0.2, -0.15) is 0 Å². The summed E-state index contributed by atoms with van der Waals surface area (Å²) in [4.78, 5) is 39.9. The molecular formula is C23H27N3O5. The van der Waals surface area contributed by atoms with Crippen molar-refractivity contribution in [2.75, 3.05) is 14.2 Å². The minimum atomic E-state index is -0.492. The van der Waals surface area contributed by atoms with Gasteiger partial charge in [-0.3, -0.25) is 14.2 Å². The summed E-state index contributed by atoms with van der Waals surface area (Å²) in [6, 6.07) is 11.1. The summed E-state index contributed by atoms with van der Waals surface area (Å²) in [6.07, 6.45) is 1.42. The van der Waals surface area contributed by atoms with Crippen molar-refractivity contribution >= 4 is 16.8 Å². The second-order valence-electron chi connectivity index (χ2n) is 7.36. The number of nitrogens with zero attached hydrogens (tertiary/aromatic N) is 1. The zero-order valence-corrected chi connectivity index (χ0v) is 18.0. The van der Waals surface area contributed by atoms with Gasteiger partial charge in [0.15, 0.2) is 11.5 Å². The van der Waals surface area contributed by atoms with E-state index in [1.807, 2.05) is 31.2 Å². The first-order valence-electron chi connectivity index (χ1n) is 10.1. The van der Waals surface area contributed by atoms with Gasteiger partial charge < -0.3 is 19.8 Å². The molecule has 8 heteroatoms. The van der Waals surface area contributed by atoms with Gasteiger partial charge in [0.2, 0.25) is 5.91 Å². The number of fused-ring (bicyclic) bond motifs is 1. The number of hydrogen-bond donors (Lipinski definition) is 2. The molecule has 0 unspecified atom stereocenters. The molecule has 0 aliphatic carbocycles. The molecule has 2 aromatic carbocycles. The van der Waals surface area contributed by atoms with Crippen molar-refractivity contribution in [3.8, 4) is 11.5 Å². The molecule has 0 spiro atoms. The quantitative estimate of drug-likeness (QED) is 0.513. The third-order valence-corrected chi connectivity index (χ3v) is 5.13. The van der Waals surface area contributed by atoms with Gasteiger partial charge in [0, 0.05) is 25.6 Å². The van der Waals surface area contributed by atoms with Crippen LogP contribution in [-0.4, -0.2) is 29.7 Å². The van der Waals surface area contributed by atoms with Crippen LogP contribution in [0, 0.1) is 6.92 Å². The largest absolute Gasteiger partial charge is 0.493 e. The number of unbranched alkanes of at least 4 members (excludes halogenated alkanes) is 1. The van der Waals surface area contributed by atoms with Gasteiger partial charge in [-0.15, -0.1) is 0 Å². The molecule has 2 N–H and O–H groups in total. The molecule has 0 saturated carbocycles. The average Bonchev–Trinajstić information content (AvgIpc) is 2.77. The average molecular weight is 425 g/mol. The highest BCUT2D eigenvalue weighted by Gasteiger charge is 2.13. The number of rotatable bonds is 9. The monoisotopic (exact) mass is 425 g/mol. The second-order valence-corrected chi connectivity index (χ2v) is 7.36. The zero-order valence-electron chi connectivity index (χ0n) is 18.0. The number of ether oxygens (including phenoxy) is 2. The van der Waals surface area contributed by atoms with Crippen LogP contribution in [0.1, 0.15) is 30.4 Å². The van der Waals surface area contributed by atoms with Gasteiger partial charge in [0.05, 0.1) is 25.1 Å². The molecule has 3 rings (SSSR count). The highest BCUT2D eigenvalue weighted by Crippen LogP contribution is 2.29. The molecule has 3 aromatic rings. The number of nitrogens with one attached hydrogen (secondary N) is 2. The Hall–Kier alpha value is -3.55. The molecule has 0 bridgehead atoms. The Kier molecular flexibility index (Phi) is 7.12. The number of carbonyl (C=O) groups is 1. The first-order valence-corrected chi connectivity index (χ1v) is 10.1. The molecule has 1 aromatic heterocycles. The maximum atomic E-state index is 12.8. The molecule has 0 fully saturated rings. The molecule has 0 radical (unpaired) electrons. The van der Waals surface area contributed by atoms with E-state index in [1.54, 1.807) is 12.1 Å². The van der Waals surface area contributed by atoms with Gasteiger partial charge in [-0.1, -0.05) is 29.8 Å². The molecule has 0 atom stereocenters. The highest BCUT2D eigenvalue weighted by atomic mass is 16.5. The van der Waals surface area contributed by atoms with Crippen molar-refractivity contribution in [1.82, 2.24) is 14.9 Å². The summed E-state index contributed by atoms with van der Waals surface area (Å²) >= 11 is 0. The molecule has 0 aliphatic rings. The van der Waals surface area contributed by atoms with Gasteiger partial charge in [0.1, 0.15) is 0 Å². The zero-order chi connectivity index (χ0) is 22.4. The highest BCUT2D eigenvalue weighted by molar-refractivity contribution is 5.81. The van der Waals surface area contributed by atoms with Crippen LogP contribution >= 0.6 is 0 Å². The predicted molar refractivity (Wildman–Crippen MR) is 119 cm³/mol. The van der Waals surface area contributed by atoms with Crippen LogP contribution in [0.25, 0.3) is 10.9 Å². The van der Waals surface area contributed by atoms with Crippen molar-refractivity contribution in [1.29, 1.82) is 0 Å². The molecule has 1 amide bonds. The molecule has 1 heterocycles. The van der Waals surface area contributed by atoms with Crippen LogP contribution < -0.4 is 26.0 Å². The minimum Gasteiger partial charge on any atom is -0.493 e. The van der Waals surface area contributed by atoms with Crippen LogP contribution in [0.15, 0.2) is 46.0 Å². The fourth-order valence-electron chi connectivity index (χ4n) is 3.33. The van der Waals surface area contributed by atoms with Crippen molar-refractivity contribution in [2.24, 2.45) is 0 Å². The van der Waals surface area contributed by atoms with E-state index in [0.717, 1.165) is 10.1 Å². The lowest BCUT2D eigenvalue weighted by Crippen LogP contribution is -2.35. The first-order chi connectivity index (χ1) is 14.9. The Bertz CT molecular complexity index is 1180. The summed E-state index contributed by atoms with van der Waals surface area (Å²) < 4.78 is 11.6. The van der Waals surface area contributed by atoms with E-state index in [2.05, 4.69) is 10.3 Å². The van der Waals surface area contributed by atoms with Gasteiger partial charge >= 0.3 is 5.69 Å². The number of methoxy groups -OCH3 is 2. The van der Waals surface area contributed by atoms with Crippen LogP contribution in [0.2, 0.25) is 0 Å². The normalized spacial score (nSPS) is 10.8. The number of carbonyl (C=O) groups excluding carboxylic acids is 1. The maximum Gasteiger partial charge on any atom is 0.328 e. The van der Waals surface area contributed by atoms with Gasteiger partial charge in [-0.05, 0) is 31.4 Å². The fraction of sp³-hybridized carbons (Fsp3) is 0.348. The summed E-state index contributed by atoms with van der Waals surface area (Å²) in [5.41, 5.74) is 1.71. The lowest BCUT2D eigenvalue weighted by atomic mass is 10.1. The van der Waals surface area contributed by atoms with Crippen LogP contribution in [0.3, 0.4) is 0 Å². The molecule has 0 saturated heterocycles. The molecule has 8 nitrogen and oxygen atoms in total.